The number of carboxylic acids is 1. The van der Waals surface area contributed by atoms with Crippen LogP contribution in [0.2, 0.25) is 10.2 Å². The number of guanidine groups is 1. The van der Waals surface area contributed by atoms with Gasteiger partial charge in [0.15, 0.2) is 5.96 Å². The third-order valence-corrected chi connectivity index (χ3v) is 6.33. The van der Waals surface area contributed by atoms with Crippen LogP contribution in [0.25, 0.3) is 10.9 Å². The van der Waals surface area contributed by atoms with Crippen molar-refractivity contribution < 1.29 is 37.1 Å². The van der Waals surface area contributed by atoms with Gasteiger partial charge in [0.25, 0.3) is 5.91 Å². The van der Waals surface area contributed by atoms with Crippen molar-refractivity contribution in [1.29, 1.82) is 0 Å². The number of fused-ring (bicyclic) bond motifs is 1. The fourth-order valence-corrected chi connectivity index (χ4v) is 4.47. The lowest BCUT2D eigenvalue weighted by Gasteiger charge is -2.20. The summed E-state index contributed by atoms with van der Waals surface area (Å²) in [6.07, 6.45) is -6.65. The molecule has 6 N–H and O–H groups in total. The number of nitrogens with zero attached hydrogens (tertiary/aromatic N) is 2. The van der Waals surface area contributed by atoms with Crippen molar-refractivity contribution in [1.82, 2.24) is 26.1 Å². The Morgan fingerprint density at radius 2 is 1.90 bits per heavy atom. The number of H-pyrrole nitrogens is 1. The molecule has 2 heterocycles. The van der Waals surface area contributed by atoms with Crippen molar-refractivity contribution in [2.24, 2.45) is 4.99 Å². The van der Waals surface area contributed by atoms with Crippen LogP contribution in [0.1, 0.15) is 33.9 Å². The molecule has 2 unspecified atom stereocenters. The Hall–Kier alpha value is -4.11. The van der Waals surface area contributed by atoms with Crippen molar-refractivity contribution in [3.63, 3.8) is 0 Å². The van der Waals surface area contributed by atoms with Gasteiger partial charge in [0.2, 0.25) is 5.91 Å². The van der Waals surface area contributed by atoms with E-state index in [1.54, 1.807) is 0 Å². The van der Waals surface area contributed by atoms with Crippen LogP contribution in [0, 0.1) is 0 Å². The second kappa shape index (κ2) is 12.2. The zero-order chi connectivity index (χ0) is 29.9. The average Bonchev–Trinajstić information content (AvgIpc) is 3.28. The summed E-state index contributed by atoms with van der Waals surface area (Å²) >= 11 is 12.0. The molecule has 0 spiro atoms. The fourth-order valence-electron chi connectivity index (χ4n) is 3.98. The minimum atomic E-state index is -4.76. The molecule has 218 valence electrons. The van der Waals surface area contributed by atoms with Crippen LogP contribution in [0.3, 0.4) is 0 Å². The van der Waals surface area contributed by atoms with Crippen molar-refractivity contribution >= 4 is 63.5 Å². The molecule has 1 aliphatic rings. The van der Waals surface area contributed by atoms with E-state index in [2.05, 4.69) is 36.5 Å². The lowest BCUT2D eigenvalue weighted by molar-refractivity contribution is -0.138. The van der Waals surface area contributed by atoms with Gasteiger partial charge in [-0.25, -0.2) is 9.38 Å². The van der Waals surface area contributed by atoms with Gasteiger partial charge in [0, 0.05) is 10.6 Å². The Bertz CT molecular complexity index is 1530. The second-order valence-corrected chi connectivity index (χ2v) is 9.73. The smallest absolute Gasteiger partial charge is 0.416 e. The molecule has 41 heavy (non-hydrogen) atoms. The number of carboxylic acid groups (broad SMARTS) is 1. The van der Waals surface area contributed by atoms with E-state index in [1.807, 2.05) is 0 Å². The number of aliphatic imine (C=N–C) groups is 1. The summed E-state index contributed by atoms with van der Waals surface area (Å²) in [6.45, 7) is -0.683. The summed E-state index contributed by atoms with van der Waals surface area (Å²) in [7, 11) is 0. The number of carbonyl (C=O) groups excluding carboxylic acids is 2. The van der Waals surface area contributed by atoms with Crippen molar-refractivity contribution in [3.05, 3.63) is 57.2 Å². The first-order valence-corrected chi connectivity index (χ1v) is 12.6. The van der Waals surface area contributed by atoms with Crippen LogP contribution in [0.5, 0.6) is 0 Å². The molecule has 0 aliphatic carbocycles. The molecule has 1 aromatic heterocycles. The third kappa shape index (κ3) is 7.55. The Morgan fingerprint density at radius 3 is 2.56 bits per heavy atom. The molecule has 11 nitrogen and oxygen atoms in total. The number of nitrogens with one attached hydrogen (secondary N) is 5. The highest BCUT2D eigenvalue weighted by Crippen LogP contribution is 2.34. The Morgan fingerprint density at radius 1 is 1.15 bits per heavy atom. The van der Waals surface area contributed by atoms with E-state index in [4.69, 9.17) is 23.2 Å². The molecule has 0 fully saturated rings. The number of rotatable bonds is 8. The van der Waals surface area contributed by atoms with Crippen molar-refractivity contribution in [2.75, 3.05) is 25.0 Å². The molecular formula is C24H21Cl2F4N7O4. The SMILES string of the molecule is O=C(O)CC(NC(=O)CNC(=O)c1cc(NC2=NCC(F)CN2)c2c(Cl)[nH]nc2c1)c1cc(Cl)cc(C(F)(F)F)c1. The summed E-state index contributed by atoms with van der Waals surface area (Å²) in [5.41, 5.74) is -0.654. The first-order chi connectivity index (χ1) is 19.3. The van der Waals surface area contributed by atoms with Crippen LogP contribution in [-0.4, -0.2) is 64.9 Å². The number of aromatic amines is 1. The number of halogens is 6. The first-order valence-electron chi connectivity index (χ1n) is 11.8. The molecule has 0 bridgehead atoms. The van der Waals surface area contributed by atoms with Gasteiger partial charge < -0.3 is 26.4 Å². The minimum absolute atomic E-state index is 0.0267. The molecule has 0 radical (unpaired) electrons. The molecule has 3 aromatic rings. The van der Waals surface area contributed by atoms with Crippen LogP contribution >= 0.6 is 23.2 Å². The van der Waals surface area contributed by atoms with Gasteiger partial charge in [-0.2, -0.15) is 18.3 Å². The molecule has 1 aliphatic heterocycles. The Labute approximate surface area is 238 Å². The summed E-state index contributed by atoms with van der Waals surface area (Å²) in [6, 6.07) is 3.90. The number of alkyl halides is 4. The second-order valence-electron chi connectivity index (χ2n) is 8.92. The van der Waals surface area contributed by atoms with Crippen LogP contribution in [0.4, 0.5) is 23.2 Å². The minimum Gasteiger partial charge on any atom is -0.481 e. The largest absolute Gasteiger partial charge is 0.481 e. The zero-order valence-corrected chi connectivity index (χ0v) is 22.2. The van der Waals surface area contributed by atoms with Gasteiger partial charge in [-0.05, 0) is 35.9 Å². The number of benzene rings is 2. The van der Waals surface area contributed by atoms with Gasteiger partial charge in [0.05, 0.1) is 54.3 Å². The van der Waals surface area contributed by atoms with E-state index in [-0.39, 0.29) is 45.9 Å². The topological polar surface area (TPSA) is 161 Å². The number of hydrogen-bond acceptors (Lipinski definition) is 7. The number of amides is 2. The van der Waals surface area contributed by atoms with E-state index in [0.717, 1.165) is 6.07 Å². The maximum absolute atomic E-state index is 13.4. The number of aliphatic carboxylic acids is 1. The van der Waals surface area contributed by atoms with Gasteiger partial charge in [-0.15, -0.1) is 0 Å². The van der Waals surface area contributed by atoms with E-state index >= 15 is 0 Å². The highest BCUT2D eigenvalue weighted by molar-refractivity contribution is 6.35. The Kier molecular flexibility index (Phi) is 8.87. The fraction of sp³-hybridized carbons (Fsp3) is 0.292. The lowest BCUT2D eigenvalue weighted by Crippen LogP contribution is -2.41. The van der Waals surface area contributed by atoms with Gasteiger partial charge >= 0.3 is 12.1 Å². The Balaban J connectivity index is 1.49. The van der Waals surface area contributed by atoms with E-state index < -0.39 is 54.7 Å². The zero-order valence-electron chi connectivity index (χ0n) is 20.7. The molecule has 4 rings (SSSR count). The molecule has 2 atom stereocenters. The predicted octanol–water partition coefficient (Wildman–Crippen LogP) is 3.66. The summed E-state index contributed by atoms with van der Waals surface area (Å²) in [4.78, 5) is 40.9. The number of hydrogen-bond donors (Lipinski definition) is 6. The quantitative estimate of drug-likeness (QED) is 0.210. The first kappa shape index (κ1) is 29.9. The van der Waals surface area contributed by atoms with Gasteiger partial charge in [-0.3, -0.25) is 19.5 Å². The molecule has 2 aromatic carbocycles. The third-order valence-electron chi connectivity index (χ3n) is 5.84. The monoisotopic (exact) mass is 617 g/mol. The highest BCUT2D eigenvalue weighted by atomic mass is 35.5. The normalized spacial score (nSPS) is 16.0. The summed E-state index contributed by atoms with van der Waals surface area (Å²) in [5.74, 6) is -2.75. The summed E-state index contributed by atoms with van der Waals surface area (Å²) in [5, 5.41) is 26.5. The van der Waals surface area contributed by atoms with Crippen LogP contribution in [0.15, 0.2) is 35.3 Å². The number of carbonyl (C=O) groups is 3. The average molecular weight is 618 g/mol. The van der Waals surface area contributed by atoms with E-state index in [1.165, 1.54) is 12.1 Å². The maximum Gasteiger partial charge on any atom is 0.416 e. The van der Waals surface area contributed by atoms with Crippen molar-refractivity contribution in [2.45, 2.75) is 24.8 Å². The number of anilines is 1. The van der Waals surface area contributed by atoms with Crippen molar-refractivity contribution in [3.8, 4) is 0 Å². The molecule has 17 heteroatoms. The maximum atomic E-state index is 13.4. The molecular weight excluding hydrogens is 597 g/mol. The highest BCUT2D eigenvalue weighted by Gasteiger charge is 2.32. The molecule has 2 amide bonds. The van der Waals surface area contributed by atoms with Gasteiger partial charge in [-0.1, -0.05) is 23.2 Å². The number of aromatic nitrogens is 2. The van der Waals surface area contributed by atoms with Gasteiger partial charge in [0.1, 0.15) is 11.3 Å². The van der Waals surface area contributed by atoms with E-state index in [0.29, 0.717) is 23.2 Å². The predicted molar refractivity (Wildman–Crippen MR) is 142 cm³/mol. The van der Waals surface area contributed by atoms with Crippen LogP contribution < -0.4 is 21.3 Å². The van der Waals surface area contributed by atoms with E-state index in [9.17, 15) is 37.1 Å². The summed E-state index contributed by atoms with van der Waals surface area (Å²) < 4.78 is 53.1. The lowest BCUT2D eigenvalue weighted by atomic mass is 10.0. The standard InChI is InChI=1S/C24H21Cl2F4N7O4/c25-13-2-10(1-12(5-13)24(28,29)30)15(6-19(39)40)34-18(38)9-31-22(41)11-3-16(20-17(4-11)36-37-21(20)26)35-23-32-7-14(27)8-33-23/h1-5,14-15H,6-9H2,(H,31,41)(H,34,38)(H,36,37)(H,39,40)(H2,32,33,35). The molecule has 0 saturated carbocycles. The molecule has 0 saturated heterocycles. The van der Waals surface area contributed by atoms with Crippen LogP contribution in [-0.2, 0) is 15.8 Å².